The van der Waals surface area contributed by atoms with Gasteiger partial charge in [-0.3, -0.25) is 0 Å². The van der Waals surface area contributed by atoms with Crippen LogP contribution in [-0.2, 0) is 0 Å². The molecule has 4 fully saturated rings. The molecular weight excluding hydrogens is 218 g/mol. The van der Waals surface area contributed by atoms with E-state index in [1.54, 1.807) is 19.3 Å². The van der Waals surface area contributed by atoms with E-state index in [1.165, 1.54) is 19.3 Å². The zero-order valence-corrected chi connectivity index (χ0v) is 12.1. The molecule has 2 atom stereocenters. The summed E-state index contributed by atoms with van der Waals surface area (Å²) in [5.41, 5.74) is 0.643. The van der Waals surface area contributed by atoms with Crippen LogP contribution in [0.5, 0.6) is 0 Å². The van der Waals surface area contributed by atoms with Crippen molar-refractivity contribution in [1.29, 1.82) is 0 Å². The summed E-state index contributed by atoms with van der Waals surface area (Å²) in [4.78, 5) is 0. The molecule has 0 amide bonds. The minimum Gasteiger partial charge on any atom is -0.311 e. The third-order valence-electron chi connectivity index (χ3n) is 6.06. The summed E-state index contributed by atoms with van der Waals surface area (Å²) in [5, 5.41) is 3.87. The first-order valence-electron chi connectivity index (χ1n) is 7.98. The lowest BCUT2D eigenvalue weighted by Gasteiger charge is -2.59. The smallest absolute Gasteiger partial charge is 0.00980 e. The van der Waals surface area contributed by atoms with Crippen molar-refractivity contribution in [3.63, 3.8) is 0 Å². The third-order valence-corrected chi connectivity index (χ3v) is 6.06. The lowest BCUT2D eigenvalue weighted by molar-refractivity contribution is -0.0718. The van der Waals surface area contributed by atoms with Crippen LogP contribution in [0.25, 0.3) is 0 Å². The van der Waals surface area contributed by atoms with Crippen molar-refractivity contribution in [3.8, 4) is 0 Å². The minimum atomic E-state index is 0.588. The van der Waals surface area contributed by atoms with Gasteiger partial charge in [0.15, 0.2) is 0 Å². The Balaban J connectivity index is 1.69. The summed E-state index contributed by atoms with van der Waals surface area (Å²) in [6.07, 6.45) is 12.3. The molecule has 102 valence electrons. The molecule has 1 nitrogen and oxygen atoms in total. The van der Waals surface area contributed by atoms with E-state index in [9.17, 15) is 0 Å². The maximum absolute atomic E-state index is 3.87. The van der Waals surface area contributed by atoms with Gasteiger partial charge < -0.3 is 5.32 Å². The molecule has 4 bridgehead atoms. The Labute approximate surface area is 112 Å². The van der Waals surface area contributed by atoms with Gasteiger partial charge in [0.1, 0.15) is 0 Å². The molecule has 4 saturated carbocycles. The SMILES string of the molecule is C=CCC(C)NC(C)C12CC3CC(CC(C3)C1)C2. The molecule has 0 radical (unpaired) electrons. The van der Waals surface area contributed by atoms with Crippen LogP contribution in [0.3, 0.4) is 0 Å². The molecule has 4 rings (SSSR count). The molecule has 0 aromatic heterocycles. The van der Waals surface area contributed by atoms with Gasteiger partial charge in [-0.2, -0.15) is 0 Å². The molecular formula is C17H29N. The van der Waals surface area contributed by atoms with E-state index in [1.807, 2.05) is 6.08 Å². The summed E-state index contributed by atoms with van der Waals surface area (Å²) in [6.45, 7) is 8.62. The van der Waals surface area contributed by atoms with Crippen molar-refractivity contribution in [2.45, 2.75) is 70.9 Å². The molecule has 0 heterocycles. The fourth-order valence-electron chi connectivity index (χ4n) is 5.63. The van der Waals surface area contributed by atoms with Crippen LogP contribution in [0.1, 0.15) is 58.8 Å². The van der Waals surface area contributed by atoms with E-state index in [0.29, 0.717) is 17.5 Å². The normalized spacial score (nSPS) is 44.9. The summed E-state index contributed by atoms with van der Waals surface area (Å²) >= 11 is 0. The van der Waals surface area contributed by atoms with Crippen molar-refractivity contribution in [1.82, 2.24) is 5.32 Å². The zero-order valence-electron chi connectivity index (χ0n) is 12.1. The Bertz CT molecular complexity index is 284. The standard InChI is InChI=1S/C17H29N/c1-4-5-12(2)18-13(3)17-9-14-6-15(10-17)8-16(7-14)11-17/h4,12-16,18H,1,5-11H2,2-3H3. The molecule has 4 aliphatic rings. The largest absolute Gasteiger partial charge is 0.311 e. The number of nitrogens with one attached hydrogen (secondary N) is 1. The van der Waals surface area contributed by atoms with Crippen LogP contribution in [0.15, 0.2) is 12.7 Å². The molecule has 2 unspecified atom stereocenters. The molecule has 0 aromatic carbocycles. The topological polar surface area (TPSA) is 12.0 Å². The number of rotatable bonds is 5. The number of hydrogen-bond acceptors (Lipinski definition) is 1. The van der Waals surface area contributed by atoms with Crippen LogP contribution >= 0.6 is 0 Å². The fourth-order valence-corrected chi connectivity index (χ4v) is 5.63. The van der Waals surface area contributed by atoms with Crippen LogP contribution in [0.2, 0.25) is 0 Å². The van der Waals surface area contributed by atoms with E-state index in [-0.39, 0.29) is 0 Å². The summed E-state index contributed by atoms with van der Waals surface area (Å²) < 4.78 is 0. The Morgan fingerprint density at radius 2 is 1.61 bits per heavy atom. The van der Waals surface area contributed by atoms with Gasteiger partial charge in [-0.15, -0.1) is 6.58 Å². The first-order valence-corrected chi connectivity index (χ1v) is 7.98. The predicted molar refractivity (Wildman–Crippen MR) is 77.5 cm³/mol. The lowest BCUT2D eigenvalue weighted by atomic mass is 9.48. The van der Waals surface area contributed by atoms with E-state index < -0.39 is 0 Å². The summed E-state index contributed by atoms with van der Waals surface area (Å²) in [7, 11) is 0. The molecule has 0 saturated heterocycles. The van der Waals surface area contributed by atoms with Crippen LogP contribution in [0, 0.1) is 23.2 Å². The van der Waals surface area contributed by atoms with E-state index >= 15 is 0 Å². The highest BCUT2D eigenvalue weighted by molar-refractivity contribution is 5.05. The highest BCUT2D eigenvalue weighted by Gasteiger charge is 2.53. The van der Waals surface area contributed by atoms with Crippen molar-refractivity contribution in [2.24, 2.45) is 23.2 Å². The quantitative estimate of drug-likeness (QED) is 0.720. The maximum atomic E-state index is 3.87. The van der Waals surface area contributed by atoms with Crippen molar-refractivity contribution in [3.05, 3.63) is 12.7 Å². The molecule has 1 N–H and O–H groups in total. The summed E-state index contributed by atoms with van der Waals surface area (Å²) in [6, 6.07) is 1.28. The van der Waals surface area contributed by atoms with Crippen LogP contribution in [-0.4, -0.2) is 12.1 Å². The van der Waals surface area contributed by atoms with Crippen LogP contribution < -0.4 is 5.32 Å². The molecule has 1 heteroatoms. The minimum absolute atomic E-state index is 0.588. The van der Waals surface area contributed by atoms with Gasteiger partial charge in [-0.05, 0) is 82.0 Å². The average molecular weight is 247 g/mol. The summed E-state index contributed by atoms with van der Waals surface area (Å²) in [5.74, 6) is 3.20. The van der Waals surface area contributed by atoms with Gasteiger partial charge in [0.2, 0.25) is 0 Å². The Kier molecular flexibility index (Phi) is 3.30. The fraction of sp³-hybridized carbons (Fsp3) is 0.882. The second-order valence-corrected chi connectivity index (χ2v) is 7.59. The van der Waals surface area contributed by atoms with Gasteiger partial charge in [0.05, 0.1) is 0 Å². The lowest BCUT2D eigenvalue weighted by Crippen LogP contribution is -2.56. The predicted octanol–water partition coefficient (Wildman–Crippen LogP) is 4.15. The van der Waals surface area contributed by atoms with Crippen molar-refractivity contribution in [2.75, 3.05) is 0 Å². The first kappa shape index (κ1) is 12.7. The van der Waals surface area contributed by atoms with Gasteiger partial charge in [-0.25, -0.2) is 0 Å². The van der Waals surface area contributed by atoms with Gasteiger partial charge in [-0.1, -0.05) is 6.08 Å². The molecule has 0 aromatic rings. The highest BCUT2D eigenvalue weighted by Crippen LogP contribution is 2.61. The van der Waals surface area contributed by atoms with Gasteiger partial charge in [0.25, 0.3) is 0 Å². The Morgan fingerprint density at radius 3 is 2.06 bits per heavy atom. The van der Waals surface area contributed by atoms with E-state index in [2.05, 4.69) is 25.7 Å². The van der Waals surface area contributed by atoms with Crippen LogP contribution in [0.4, 0.5) is 0 Å². The van der Waals surface area contributed by atoms with Crippen molar-refractivity contribution < 1.29 is 0 Å². The second kappa shape index (κ2) is 4.67. The van der Waals surface area contributed by atoms with E-state index in [0.717, 1.165) is 24.2 Å². The zero-order chi connectivity index (χ0) is 12.8. The molecule has 0 spiro atoms. The Hall–Kier alpha value is -0.300. The molecule has 4 aliphatic carbocycles. The molecule has 0 aliphatic heterocycles. The average Bonchev–Trinajstić information content (AvgIpc) is 2.27. The highest BCUT2D eigenvalue weighted by atomic mass is 15.0. The van der Waals surface area contributed by atoms with Crippen molar-refractivity contribution >= 4 is 0 Å². The maximum Gasteiger partial charge on any atom is 0.00980 e. The van der Waals surface area contributed by atoms with Gasteiger partial charge in [0, 0.05) is 12.1 Å². The van der Waals surface area contributed by atoms with Gasteiger partial charge >= 0.3 is 0 Å². The molecule has 18 heavy (non-hydrogen) atoms. The van der Waals surface area contributed by atoms with E-state index in [4.69, 9.17) is 0 Å². The third kappa shape index (κ3) is 2.15. The Morgan fingerprint density at radius 1 is 1.11 bits per heavy atom. The monoisotopic (exact) mass is 247 g/mol. The first-order chi connectivity index (χ1) is 8.61. The second-order valence-electron chi connectivity index (χ2n) is 7.59. The number of hydrogen-bond donors (Lipinski definition) is 1.